The molecule has 1 aromatic heterocycles. The maximum Gasteiger partial charge on any atom is 0.356 e. The molecule has 2 aliphatic carbocycles. The van der Waals surface area contributed by atoms with Gasteiger partial charge in [-0.3, -0.25) is 15.1 Å². The molecule has 2 saturated carbocycles. The first-order chi connectivity index (χ1) is 16.5. The minimum absolute atomic E-state index is 0.0142. The number of aliphatic carboxylic acids is 1. The first-order valence-corrected chi connectivity index (χ1v) is 13.1. The second-order valence-electron chi connectivity index (χ2n) is 11.1. The fraction of sp³-hybridized carbons (Fsp3) is 0.630. The van der Waals surface area contributed by atoms with Crippen LogP contribution in [0.15, 0.2) is 29.1 Å². The second kappa shape index (κ2) is 8.59. The van der Waals surface area contributed by atoms with E-state index in [0.717, 1.165) is 30.2 Å². The van der Waals surface area contributed by atoms with Crippen LogP contribution in [0, 0.1) is 17.2 Å². The number of fused-ring (bicyclic) bond motifs is 5. The predicted molar refractivity (Wildman–Crippen MR) is 130 cm³/mol. The highest BCUT2D eigenvalue weighted by Gasteiger charge is 2.47. The van der Waals surface area contributed by atoms with Crippen molar-refractivity contribution in [3.63, 3.8) is 0 Å². The molecule has 3 heterocycles. The summed E-state index contributed by atoms with van der Waals surface area (Å²) >= 11 is 0. The van der Waals surface area contributed by atoms with Crippen molar-refractivity contribution in [2.75, 3.05) is 0 Å². The second-order valence-corrected chi connectivity index (χ2v) is 11.1. The lowest BCUT2D eigenvalue weighted by atomic mass is 9.76. The van der Waals surface area contributed by atoms with E-state index >= 15 is 0 Å². The molecule has 7 heteroatoms. The van der Waals surface area contributed by atoms with Crippen LogP contribution in [0.1, 0.15) is 82.4 Å². The zero-order valence-electron chi connectivity index (χ0n) is 19.7. The van der Waals surface area contributed by atoms with Crippen molar-refractivity contribution < 1.29 is 9.90 Å². The molecule has 2 N–H and O–H groups in total. The van der Waals surface area contributed by atoms with E-state index in [1.165, 1.54) is 57.8 Å². The lowest BCUT2D eigenvalue weighted by Gasteiger charge is -2.48. The van der Waals surface area contributed by atoms with Gasteiger partial charge in [0.1, 0.15) is 0 Å². The topological polar surface area (TPSA) is 99.3 Å². The Hall–Kier alpha value is -2.54. The third-order valence-corrected chi connectivity index (χ3v) is 9.15. The Morgan fingerprint density at radius 1 is 0.882 bits per heavy atom. The zero-order valence-corrected chi connectivity index (χ0v) is 19.7. The summed E-state index contributed by atoms with van der Waals surface area (Å²) in [5.41, 5.74) is -0.0927. The summed E-state index contributed by atoms with van der Waals surface area (Å²) in [7, 11) is 0. The molecule has 4 fully saturated rings. The average molecular weight is 463 g/mol. The number of aromatic nitrogens is 2. The monoisotopic (exact) mass is 462 g/mol. The maximum absolute atomic E-state index is 13.5. The van der Waals surface area contributed by atoms with Crippen molar-refractivity contribution in [1.82, 2.24) is 14.5 Å². The van der Waals surface area contributed by atoms with E-state index in [-0.39, 0.29) is 11.7 Å². The van der Waals surface area contributed by atoms with Crippen LogP contribution in [-0.2, 0) is 4.79 Å². The quantitative estimate of drug-likeness (QED) is 0.657. The number of para-hydroxylation sites is 2. The van der Waals surface area contributed by atoms with Gasteiger partial charge in [0.15, 0.2) is 11.4 Å². The van der Waals surface area contributed by atoms with Crippen LogP contribution in [0.5, 0.6) is 0 Å². The van der Waals surface area contributed by atoms with E-state index in [2.05, 4.69) is 9.88 Å². The Labute approximate surface area is 199 Å². The molecule has 180 valence electrons. The number of piperidine rings is 1. The maximum atomic E-state index is 13.5. The van der Waals surface area contributed by atoms with Gasteiger partial charge in [0.2, 0.25) is 0 Å². The zero-order chi connectivity index (χ0) is 23.4. The number of nitrogens with zero attached hydrogens (tertiary/aromatic N) is 3. The summed E-state index contributed by atoms with van der Waals surface area (Å²) < 4.78 is 1.78. The lowest BCUT2D eigenvalue weighted by Crippen LogP contribution is -2.52. The van der Waals surface area contributed by atoms with Gasteiger partial charge in [-0.25, -0.2) is 9.78 Å². The van der Waals surface area contributed by atoms with E-state index in [4.69, 9.17) is 5.41 Å². The Morgan fingerprint density at radius 2 is 1.53 bits per heavy atom. The van der Waals surface area contributed by atoms with Gasteiger partial charge < -0.3 is 9.67 Å². The van der Waals surface area contributed by atoms with Crippen molar-refractivity contribution in [3.05, 3.63) is 40.3 Å². The number of carboxylic acids is 1. The van der Waals surface area contributed by atoms with Crippen molar-refractivity contribution in [3.8, 4) is 0 Å². The number of benzene rings is 1. The molecule has 0 spiro atoms. The van der Waals surface area contributed by atoms with Crippen molar-refractivity contribution in [2.24, 2.45) is 11.8 Å². The highest BCUT2D eigenvalue weighted by atomic mass is 16.4. The number of carboxylic acid groups (broad SMARTS) is 1. The molecule has 0 radical (unpaired) electrons. The summed E-state index contributed by atoms with van der Waals surface area (Å²) in [6.07, 6.45) is 13.9. The molecule has 2 saturated heterocycles. The lowest BCUT2D eigenvalue weighted by molar-refractivity contribution is -0.129. The summed E-state index contributed by atoms with van der Waals surface area (Å²) in [6.45, 7) is 0. The molecule has 7 nitrogen and oxygen atoms in total. The van der Waals surface area contributed by atoms with E-state index in [1.807, 2.05) is 18.2 Å². The molecule has 4 bridgehead atoms. The van der Waals surface area contributed by atoms with Crippen molar-refractivity contribution in [1.29, 1.82) is 5.41 Å². The number of hydrogen-bond donors (Lipinski definition) is 2. The molecule has 34 heavy (non-hydrogen) atoms. The molecule has 0 amide bonds. The number of nitrogens with one attached hydrogen (secondary N) is 1. The minimum atomic E-state index is -1.42. The standard InChI is InChI=1S/C27H34N4O3/c28-24(27(33)34)25-26(32)31(23-8-4-3-7-22(23)29-25)21-14-18-9-10-19(15-21)30(18)20-12-16-5-1-2-6-17(11-16)13-20/h3-4,7-8,16-21,28H,1-2,5-6,9-15H2,(H,33,34)/t16?,17?,18-,19+,20?,21+. The fourth-order valence-corrected chi connectivity index (χ4v) is 7.88. The van der Waals surface area contributed by atoms with Gasteiger partial charge >= 0.3 is 5.97 Å². The van der Waals surface area contributed by atoms with Gasteiger partial charge in [0.05, 0.1) is 11.0 Å². The van der Waals surface area contributed by atoms with Gasteiger partial charge in [-0.2, -0.15) is 0 Å². The molecule has 2 aromatic rings. The van der Waals surface area contributed by atoms with E-state index in [9.17, 15) is 14.7 Å². The smallest absolute Gasteiger partial charge is 0.356 e. The van der Waals surface area contributed by atoms with E-state index in [1.54, 1.807) is 10.6 Å². The highest BCUT2D eigenvalue weighted by Crippen LogP contribution is 2.47. The summed E-state index contributed by atoms with van der Waals surface area (Å²) in [5.74, 6) is 0.361. The van der Waals surface area contributed by atoms with Crippen LogP contribution in [-0.4, -0.2) is 49.4 Å². The van der Waals surface area contributed by atoms with Crippen LogP contribution >= 0.6 is 0 Å². The van der Waals surface area contributed by atoms with E-state index in [0.29, 0.717) is 23.6 Å². The van der Waals surface area contributed by atoms with Gasteiger partial charge in [-0.1, -0.05) is 37.8 Å². The first-order valence-electron chi connectivity index (χ1n) is 13.1. The summed E-state index contributed by atoms with van der Waals surface area (Å²) in [4.78, 5) is 32.1. The van der Waals surface area contributed by atoms with Gasteiger partial charge in [0.25, 0.3) is 5.56 Å². The normalized spacial score (nSPS) is 33.5. The van der Waals surface area contributed by atoms with Gasteiger partial charge in [-0.05, 0) is 68.9 Å². The Morgan fingerprint density at radius 3 is 2.18 bits per heavy atom. The fourth-order valence-electron chi connectivity index (χ4n) is 7.88. The molecule has 1 aromatic carbocycles. The molecular weight excluding hydrogens is 428 g/mol. The number of carbonyl (C=O) groups is 1. The molecule has 5 atom stereocenters. The predicted octanol–water partition coefficient (Wildman–Crippen LogP) is 4.38. The minimum Gasteiger partial charge on any atom is -0.476 e. The van der Waals surface area contributed by atoms with Crippen LogP contribution in [0.25, 0.3) is 11.0 Å². The van der Waals surface area contributed by atoms with Crippen LogP contribution in [0.2, 0.25) is 0 Å². The Bertz CT molecular complexity index is 1160. The average Bonchev–Trinajstić information content (AvgIpc) is 2.98. The van der Waals surface area contributed by atoms with Crippen LogP contribution in [0.3, 0.4) is 0 Å². The molecule has 4 aliphatic rings. The van der Waals surface area contributed by atoms with Gasteiger partial charge in [-0.15, -0.1) is 0 Å². The highest BCUT2D eigenvalue weighted by molar-refractivity contribution is 6.40. The SMILES string of the molecule is N=C(C(=O)O)c1nc2ccccc2n([C@H]2C[C@H]3CC[C@@H](C2)N3C2CC3CCCCC(C3)C2)c1=O. The van der Waals surface area contributed by atoms with Crippen molar-refractivity contribution in [2.45, 2.75) is 94.8 Å². The van der Waals surface area contributed by atoms with Gasteiger partial charge in [0, 0.05) is 24.2 Å². The third-order valence-electron chi connectivity index (χ3n) is 9.15. The summed E-state index contributed by atoms with van der Waals surface area (Å²) in [5, 5.41) is 17.3. The van der Waals surface area contributed by atoms with Crippen LogP contribution in [0.4, 0.5) is 0 Å². The summed E-state index contributed by atoms with van der Waals surface area (Å²) in [6, 6.07) is 9.10. The number of rotatable bonds is 4. The first kappa shape index (κ1) is 22.0. The largest absolute Gasteiger partial charge is 0.476 e. The van der Waals surface area contributed by atoms with E-state index < -0.39 is 17.2 Å². The molecule has 2 unspecified atom stereocenters. The Balaban J connectivity index is 1.33. The third kappa shape index (κ3) is 3.69. The Kier molecular flexibility index (Phi) is 5.55. The molecule has 6 rings (SSSR count). The van der Waals surface area contributed by atoms with Crippen LogP contribution < -0.4 is 5.56 Å². The molecular formula is C27H34N4O3. The van der Waals surface area contributed by atoms with Crippen molar-refractivity contribution >= 4 is 22.7 Å². The number of hydrogen-bond acceptors (Lipinski definition) is 5. The molecule has 2 aliphatic heterocycles.